The molecule has 88 valence electrons. The van der Waals surface area contributed by atoms with Crippen LogP contribution in [0, 0.1) is 5.92 Å². The fourth-order valence-corrected chi connectivity index (χ4v) is 1.27. The number of ether oxygens (including phenoxy) is 1. The number of anilines is 1. The Hall–Kier alpha value is -1.22. The quantitative estimate of drug-likeness (QED) is 0.806. The second kappa shape index (κ2) is 6.38. The van der Waals surface area contributed by atoms with Crippen molar-refractivity contribution in [3.05, 3.63) is 29.3 Å². The van der Waals surface area contributed by atoms with E-state index in [9.17, 15) is 4.79 Å². The van der Waals surface area contributed by atoms with Crippen molar-refractivity contribution >= 4 is 23.3 Å². The summed E-state index contributed by atoms with van der Waals surface area (Å²) in [7, 11) is 0. The fourth-order valence-electron chi connectivity index (χ4n) is 1.08. The molecule has 1 aromatic carbocycles. The SMILES string of the molecule is CC(C)COC(=O)CNc1cccc(Cl)c1. The van der Waals surface area contributed by atoms with E-state index >= 15 is 0 Å². The minimum absolute atomic E-state index is 0.160. The zero-order valence-electron chi connectivity index (χ0n) is 9.50. The lowest BCUT2D eigenvalue weighted by Gasteiger charge is -2.08. The number of carbonyl (C=O) groups excluding carboxylic acids is 1. The monoisotopic (exact) mass is 241 g/mol. The summed E-state index contributed by atoms with van der Waals surface area (Å²) in [6.07, 6.45) is 0. The van der Waals surface area contributed by atoms with Crippen LogP contribution in [0.2, 0.25) is 5.02 Å². The van der Waals surface area contributed by atoms with Gasteiger partial charge in [-0.25, -0.2) is 0 Å². The topological polar surface area (TPSA) is 38.3 Å². The summed E-state index contributed by atoms with van der Waals surface area (Å²) in [5, 5.41) is 3.59. The van der Waals surface area contributed by atoms with Gasteiger partial charge in [0.05, 0.1) is 6.61 Å². The van der Waals surface area contributed by atoms with Crippen LogP contribution < -0.4 is 5.32 Å². The van der Waals surface area contributed by atoms with E-state index in [4.69, 9.17) is 16.3 Å². The van der Waals surface area contributed by atoms with Crippen LogP contribution in [0.5, 0.6) is 0 Å². The second-order valence-corrected chi connectivity index (χ2v) is 4.38. The number of halogens is 1. The third kappa shape index (κ3) is 5.03. The van der Waals surface area contributed by atoms with Crippen molar-refractivity contribution in [3.8, 4) is 0 Å². The Balaban J connectivity index is 2.31. The van der Waals surface area contributed by atoms with Crippen molar-refractivity contribution in [1.29, 1.82) is 0 Å². The highest BCUT2D eigenvalue weighted by atomic mass is 35.5. The van der Waals surface area contributed by atoms with Crippen molar-refractivity contribution in [3.63, 3.8) is 0 Å². The van der Waals surface area contributed by atoms with Gasteiger partial charge in [0.2, 0.25) is 0 Å². The molecule has 1 aromatic rings. The Morgan fingerprint density at radius 2 is 2.25 bits per heavy atom. The predicted octanol–water partition coefficient (Wildman–Crippen LogP) is 2.95. The molecular formula is C12H16ClNO2. The highest BCUT2D eigenvalue weighted by Gasteiger charge is 2.04. The van der Waals surface area contributed by atoms with Gasteiger partial charge in [0.25, 0.3) is 0 Å². The lowest BCUT2D eigenvalue weighted by atomic mass is 10.2. The van der Waals surface area contributed by atoms with Gasteiger partial charge in [-0.3, -0.25) is 4.79 Å². The molecule has 16 heavy (non-hydrogen) atoms. The van der Waals surface area contributed by atoms with Gasteiger partial charge in [-0.05, 0) is 24.1 Å². The van der Waals surface area contributed by atoms with Crippen LogP contribution in [0.1, 0.15) is 13.8 Å². The maximum absolute atomic E-state index is 11.3. The molecule has 0 aliphatic rings. The van der Waals surface area contributed by atoms with Gasteiger partial charge >= 0.3 is 5.97 Å². The van der Waals surface area contributed by atoms with E-state index in [0.29, 0.717) is 17.5 Å². The summed E-state index contributed by atoms with van der Waals surface area (Å²) >= 11 is 5.81. The number of hydrogen-bond acceptors (Lipinski definition) is 3. The zero-order chi connectivity index (χ0) is 12.0. The van der Waals surface area contributed by atoms with Crippen molar-refractivity contribution < 1.29 is 9.53 Å². The molecule has 0 bridgehead atoms. The van der Waals surface area contributed by atoms with Crippen LogP contribution in [0.3, 0.4) is 0 Å². The number of rotatable bonds is 5. The first-order chi connectivity index (χ1) is 7.58. The van der Waals surface area contributed by atoms with Gasteiger partial charge in [-0.2, -0.15) is 0 Å². The molecule has 0 saturated carbocycles. The van der Waals surface area contributed by atoms with E-state index in [2.05, 4.69) is 5.32 Å². The van der Waals surface area contributed by atoms with Gasteiger partial charge in [0.1, 0.15) is 6.54 Å². The van der Waals surface area contributed by atoms with Crippen molar-refractivity contribution in [1.82, 2.24) is 0 Å². The molecule has 0 radical (unpaired) electrons. The molecule has 0 saturated heterocycles. The molecule has 3 nitrogen and oxygen atoms in total. The Bertz CT molecular complexity index is 353. The molecule has 0 amide bonds. The van der Waals surface area contributed by atoms with Gasteiger partial charge in [-0.15, -0.1) is 0 Å². The fraction of sp³-hybridized carbons (Fsp3) is 0.417. The summed E-state index contributed by atoms with van der Waals surface area (Å²) < 4.78 is 5.02. The van der Waals surface area contributed by atoms with E-state index in [1.807, 2.05) is 26.0 Å². The number of carbonyl (C=O) groups is 1. The van der Waals surface area contributed by atoms with E-state index in [-0.39, 0.29) is 12.5 Å². The Kier molecular flexibility index (Phi) is 5.12. The smallest absolute Gasteiger partial charge is 0.325 e. The molecular weight excluding hydrogens is 226 g/mol. The van der Waals surface area contributed by atoms with Gasteiger partial charge in [0, 0.05) is 10.7 Å². The molecule has 0 fully saturated rings. The third-order valence-electron chi connectivity index (χ3n) is 1.84. The molecule has 0 unspecified atom stereocenters. The van der Waals surface area contributed by atoms with Crippen LogP contribution >= 0.6 is 11.6 Å². The molecule has 0 aromatic heterocycles. The van der Waals surface area contributed by atoms with Gasteiger partial charge in [0.15, 0.2) is 0 Å². The summed E-state index contributed by atoms with van der Waals surface area (Å²) in [5.41, 5.74) is 0.814. The Morgan fingerprint density at radius 1 is 1.50 bits per heavy atom. The van der Waals surface area contributed by atoms with Gasteiger partial charge in [-0.1, -0.05) is 31.5 Å². The first-order valence-electron chi connectivity index (χ1n) is 5.23. The summed E-state index contributed by atoms with van der Waals surface area (Å²) in [6, 6.07) is 7.22. The van der Waals surface area contributed by atoms with Crippen LogP contribution in [-0.4, -0.2) is 19.1 Å². The molecule has 0 aliphatic heterocycles. The van der Waals surface area contributed by atoms with Crippen molar-refractivity contribution in [2.24, 2.45) is 5.92 Å². The largest absolute Gasteiger partial charge is 0.464 e. The van der Waals surface area contributed by atoms with Gasteiger partial charge < -0.3 is 10.1 Å². The van der Waals surface area contributed by atoms with Crippen LogP contribution in [-0.2, 0) is 9.53 Å². The second-order valence-electron chi connectivity index (χ2n) is 3.94. The number of nitrogens with one attached hydrogen (secondary N) is 1. The average molecular weight is 242 g/mol. The summed E-state index contributed by atoms with van der Waals surface area (Å²) in [4.78, 5) is 11.3. The predicted molar refractivity (Wildman–Crippen MR) is 65.7 cm³/mol. The standard InChI is InChI=1S/C12H16ClNO2/c1-9(2)8-16-12(15)7-14-11-5-3-4-10(13)6-11/h3-6,9,14H,7-8H2,1-2H3. The van der Waals surface area contributed by atoms with Crippen LogP contribution in [0.15, 0.2) is 24.3 Å². The van der Waals surface area contributed by atoms with E-state index in [1.54, 1.807) is 12.1 Å². The third-order valence-corrected chi connectivity index (χ3v) is 2.07. The summed E-state index contributed by atoms with van der Waals surface area (Å²) in [6.45, 7) is 4.61. The lowest BCUT2D eigenvalue weighted by molar-refractivity contribution is -0.142. The highest BCUT2D eigenvalue weighted by Crippen LogP contribution is 2.14. The average Bonchev–Trinajstić information content (AvgIpc) is 2.23. The minimum Gasteiger partial charge on any atom is -0.464 e. The first kappa shape index (κ1) is 12.8. The van der Waals surface area contributed by atoms with Crippen LogP contribution in [0.4, 0.5) is 5.69 Å². The lowest BCUT2D eigenvalue weighted by Crippen LogP contribution is -2.18. The maximum atomic E-state index is 11.3. The zero-order valence-corrected chi connectivity index (χ0v) is 10.3. The van der Waals surface area contributed by atoms with Crippen LogP contribution in [0.25, 0.3) is 0 Å². The van der Waals surface area contributed by atoms with E-state index in [0.717, 1.165) is 5.69 Å². The number of benzene rings is 1. The molecule has 4 heteroatoms. The minimum atomic E-state index is -0.256. The molecule has 1 rings (SSSR count). The Labute approximate surface area is 101 Å². The Morgan fingerprint density at radius 3 is 2.88 bits per heavy atom. The number of esters is 1. The molecule has 0 atom stereocenters. The van der Waals surface area contributed by atoms with Crippen molar-refractivity contribution in [2.45, 2.75) is 13.8 Å². The normalized spacial score (nSPS) is 10.2. The van der Waals surface area contributed by atoms with Crippen molar-refractivity contribution in [2.75, 3.05) is 18.5 Å². The molecule has 0 heterocycles. The van der Waals surface area contributed by atoms with E-state index < -0.39 is 0 Å². The summed E-state index contributed by atoms with van der Waals surface area (Å²) in [5.74, 6) is 0.101. The van der Waals surface area contributed by atoms with E-state index in [1.165, 1.54) is 0 Å². The molecule has 1 N–H and O–H groups in total. The maximum Gasteiger partial charge on any atom is 0.325 e. The first-order valence-corrected chi connectivity index (χ1v) is 5.61. The number of hydrogen-bond donors (Lipinski definition) is 1. The molecule has 0 spiro atoms. The molecule has 0 aliphatic carbocycles. The highest BCUT2D eigenvalue weighted by molar-refractivity contribution is 6.30.